The molecule has 0 spiro atoms. The molecule has 2 saturated heterocycles. The molecule has 0 bridgehead atoms. The van der Waals surface area contributed by atoms with Gasteiger partial charge in [0.25, 0.3) is 11.6 Å². The molecule has 0 unspecified atom stereocenters. The molecule has 0 atom stereocenters. The summed E-state index contributed by atoms with van der Waals surface area (Å²) in [5.41, 5.74) is 0.964. The summed E-state index contributed by atoms with van der Waals surface area (Å²) in [6.45, 7) is 4.32. The number of carbonyl (C=O) groups is 2. The zero-order valence-electron chi connectivity index (χ0n) is 17.8. The second kappa shape index (κ2) is 9.64. The molecule has 3 aliphatic rings. The number of non-ortho nitro benzene ring substituents is 1. The Hall–Kier alpha value is -2.68. The SMILES string of the molecule is O=C(CC1CCCC1)N1CCN(C(=O)c2cc([N+](=O)[O-])ccc2N2CCOCC2)CC1. The quantitative estimate of drug-likeness (QED) is 0.525. The van der Waals surface area contributed by atoms with E-state index in [0.29, 0.717) is 76.1 Å². The van der Waals surface area contributed by atoms with Gasteiger partial charge in [0.05, 0.1) is 29.4 Å². The molecule has 0 radical (unpaired) electrons. The highest BCUT2D eigenvalue weighted by Crippen LogP contribution is 2.29. The molecule has 1 saturated carbocycles. The van der Waals surface area contributed by atoms with Crippen molar-refractivity contribution in [3.8, 4) is 0 Å². The van der Waals surface area contributed by atoms with Gasteiger partial charge in [-0.05, 0) is 24.8 Å². The highest BCUT2D eigenvalue weighted by atomic mass is 16.6. The third-order valence-electron chi connectivity index (χ3n) is 6.63. The van der Waals surface area contributed by atoms with E-state index in [1.165, 1.54) is 25.0 Å². The molecule has 2 heterocycles. The molecule has 1 aromatic carbocycles. The Morgan fingerprint density at radius 3 is 2.29 bits per heavy atom. The van der Waals surface area contributed by atoms with Crippen molar-refractivity contribution >= 4 is 23.2 Å². The summed E-state index contributed by atoms with van der Waals surface area (Å²) in [5, 5.41) is 11.3. The molecule has 9 heteroatoms. The number of ether oxygens (including phenoxy) is 1. The van der Waals surface area contributed by atoms with Crippen molar-refractivity contribution in [3.63, 3.8) is 0 Å². The van der Waals surface area contributed by atoms with Gasteiger partial charge in [-0.15, -0.1) is 0 Å². The van der Waals surface area contributed by atoms with Crippen molar-refractivity contribution < 1.29 is 19.2 Å². The van der Waals surface area contributed by atoms with E-state index in [-0.39, 0.29) is 17.5 Å². The second-order valence-corrected chi connectivity index (χ2v) is 8.59. The van der Waals surface area contributed by atoms with Crippen LogP contribution in [0.1, 0.15) is 42.5 Å². The van der Waals surface area contributed by atoms with E-state index in [9.17, 15) is 19.7 Å². The van der Waals surface area contributed by atoms with Crippen molar-refractivity contribution in [2.75, 3.05) is 57.4 Å². The average Bonchev–Trinajstić information content (AvgIpc) is 3.32. The first-order valence-electron chi connectivity index (χ1n) is 11.2. The molecule has 31 heavy (non-hydrogen) atoms. The summed E-state index contributed by atoms with van der Waals surface area (Å²) in [7, 11) is 0. The van der Waals surface area contributed by atoms with E-state index in [1.807, 2.05) is 9.80 Å². The molecule has 9 nitrogen and oxygen atoms in total. The lowest BCUT2D eigenvalue weighted by Crippen LogP contribution is -2.51. The Bertz CT molecular complexity index is 825. The van der Waals surface area contributed by atoms with Crippen LogP contribution in [0.15, 0.2) is 18.2 Å². The molecular formula is C22H30N4O5. The average molecular weight is 431 g/mol. The lowest BCUT2D eigenvalue weighted by atomic mass is 10.0. The minimum atomic E-state index is -0.473. The van der Waals surface area contributed by atoms with Crippen LogP contribution in [-0.4, -0.2) is 79.0 Å². The van der Waals surface area contributed by atoms with Crippen LogP contribution in [0.25, 0.3) is 0 Å². The molecule has 1 aromatic rings. The molecule has 0 N–H and O–H groups in total. The lowest BCUT2D eigenvalue weighted by Gasteiger charge is -2.36. The smallest absolute Gasteiger partial charge is 0.270 e. The number of carbonyl (C=O) groups excluding carboxylic acids is 2. The van der Waals surface area contributed by atoms with E-state index in [2.05, 4.69) is 0 Å². The fourth-order valence-electron chi connectivity index (χ4n) is 4.81. The Morgan fingerprint density at radius 2 is 1.65 bits per heavy atom. The highest BCUT2D eigenvalue weighted by Gasteiger charge is 2.30. The number of nitro groups is 1. The van der Waals surface area contributed by atoms with Crippen molar-refractivity contribution in [3.05, 3.63) is 33.9 Å². The lowest BCUT2D eigenvalue weighted by molar-refractivity contribution is -0.384. The van der Waals surface area contributed by atoms with E-state index in [0.717, 1.165) is 12.8 Å². The van der Waals surface area contributed by atoms with E-state index < -0.39 is 4.92 Å². The van der Waals surface area contributed by atoms with Gasteiger partial charge in [0, 0.05) is 57.8 Å². The maximum Gasteiger partial charge on any atom is 0.270 e. The fraction of sp³-hybridized carbons (Fsp3) is 0.636. The van der Waals surface area contributed by atoms with E-state index >= 15 is 0 Å². The molecule has 2 amide bonds. The molecule has 2 aliphatic heterocycles. The third kappa shape index (κ3) is 4.98. The Labute approximate surface area is 182 Å². The predicted octanol–water partition coefficient (Wildman–Crippen LogP) is 2.30. The number of amides is 2. The summed E-state index contributed by atoms with van der Waals surface area (Å²) in [6.07, 6.45) is 5.33. The van der Waals surface area contributed by atoms with Gasteiger partial charge in [-0.2, -0.15) is 0 Å². The van der Waals surface area contributed by atoms with Crippen LogP contribution in [0.3, 0.4) is 0 Å². The third-order valence-corrected chi connectivity index (χ3v) is 6.63. The van der Waals surface area contributed by atoms with Gasteiger partial charge < -0.3 is 19.4 Å². The first kappa shape index (κ1) is 21.5. The van der Waals surface area contributed by atoms with Crippen LogP contribution in [0.5, 0.6) is 0 Å². The van der Waals surface area contributed by atoms with Crippen LogP contribution in [-0.2, 0) is 9.53 Å². The summed E-state index contributed by atoms with van der Waals surface area (Å²) in [6, 6.07) is 4.49. The molecule has 3 fully saturated rings. The number of rotatable bonds is 5. The number of piperazine rings is 1. The summed E-state index contributed by atoms with van der Waals surface area (Å²) in [4.78, 5) is 42.4. The van der Waals surface area contributed by atoms with Crippen LogP contribution >= 0.6 is 0 Å². The van der Waals surface area contributed by atoms with Gasteiger partial charge in [-0.25, -0.2) is 0 Å². The van der Waals surface area contributed by atoms with Crippen LogP contribution in [0.4, 0.5) is 11.4 Å². The standard InChI is InChI=1S/C22H30N4O5/c27-21(15-17-3-1-2-4-17)24-7-9-25(10-8-24)22(28)19-16-18(26(29)30)5-6-20(19)23-11-13-31-14-12-23/h5-6,16-17H,1-4,7-15H2. The monoisotopic (exact) mass is 430 g/mol. The molecular weight excluding hydrogens is 400 g/mol. The van der Waals surface area contributed by atoms with Crippen LogP contribution in [0.2, 0.25) is 0 Å². The highest BCUT2D eigenvalue weighted by molar-refractivity contribution is 6.00. The Kier molecular flexibility index (Phi) is 6.70. The first-order chi connectivity index (χ1) is 15.0. The van der Waals surface area contributed by atoms with Gasteiger partial charge in [-0.3, -0.25) is 19.7 Å². The summed E-state index contributed by atoms with van der Waals surface area (Å²) in [5.74, 6) is 0.476. The molecule has 4 rings (SSSR count). The largest absolute Gasteiger partial charge is 0.378 e. The minimum Gasteiger partial charge on any atom is -0.378 e. The first-order valence-corrected chi connectivity index (χ1v) is 11.2. The number of anilines is 1. The zero-order valence-corrected chi connectivity index (χ0v) is 17.8. The minimum absolute atomic E-state index is 0.0919. The number of hydrogen-bond donors (Lipinski definition) is 0. The number of morpholine rings is 1. The second-order valence-electron chi connectivity index (χ2n) is 8.59. The number of hydrogen-bond acceptors (Lipinski definition) is 6. The number of benzene rings is 1. The Balaban J connectivity index is 1.44. The van der Waals surface area contributed by atoms with E-state index in [4.69, 9.17) is 4.74 Å². The van der Waals surface area contributed by atoms with Gasteiger partial charge in [0.1, 0.15) is 0 Å². The number of nitrogens with zero attached hydrogens (tertiary/aromatic N) is 4. The Morgan fingerprint density at radius 1 is 1.00 bits per heavy atom. The molecule has 168 valence electrons. The topological polar surface area (TPSA) is 96.2 Å². The van der Waals surface area contributed by atoms with Crippen molar-refractivity contribution in [1.82, 2.24) is 9.80 Å². The molecule has 1 aliphatic carbocycles. The van der Waals surface area contributed by atoms with Crippen molar-refractivity contribution in [2.24, 2.45) is 5.92 Å². The fourth-order valence-corrected chi connectivity index (χ4v) is 4.81. The maximum absolute atomic E-state index is 13.3. The molecule has 0 aromatic heterocycles. The number of nitro benzene ring substituents is 1. The van der Waals surface area contributed by atoms with Crippen molar-refractivity contribution in [2.45, 2.75) is 32.1 Å². The zero-order chi connectivity index (χ0) is 21.8. The predicted molar refractivity (Wildman–Crippen MR) is 115 cm³/mol. The summed E-state index contributed by atoms with van der Waals surface area (Å²) < 4.78 is 5.40. The van der Waals surface area contributed by atoms with Gasteiger partial charge >= 0.3 is 0 Å². The normalized spacial score (nSPS) is 20.2. The van der Waals surface area contributed by atoms with Gasteiger partial charge in [0.15, 0.2) is 0 Å². The van der Waals surface area contributed by atoms with E-state index in [1.54, 1.807) is 11.0 Å². The van der Waals surface area contributed by atoms with Gasteiger partial charge in [0.2, 0.25) is 5.91 Å². The van der Waals surface area contributed by atoms with Crippen molar-refractivity contribution in [1.29, 1.82) is 0 Å². The maximum atomic E-state index is 13.3. The summed E-state index contributed by atoms with van der Waals surface area (Å²) >= 11 is 0. The van der Waals surface area contributed by atoms with Crippen LogP contribution in [0, 0.1) is 16.0 Å². The van der Waals surface area contributed by atoms with Gasteiger partial charge in [-0.1, -0.05) is 12.8 Å². The van der Waals surface area contributed by atoms with Crippen LogP contribution < -0.4 is 4.90 Å².